The molecule has 0 aliphatic rings. The van der Waals surface area contributed by atoms with Crippen LogP contribution < -0.4 is 16.2 Å². The lowest BCUT2D eigenvalue weighted by Gasteiger charge is -2.20. The number of benzene rings is 2. The summed E-state index contributed by atoms with van der Waals surface area (Å²) in [5.74, 6) is -1.01. The van der Waals surface area contributed by atoms with Gasteiger partial charge in [-0.15, -0.1) is 0 Å². The van der Waals surface area contributed by atoms with Gasteiger partial charge in [-0.3, -0.25) is 14.4 Å². The first-order valence-corrected chi connectivity index (χ1v) is 11.2. The van der Waals surface area contributed by atoms with Crippen molar-refractivity contribution in [2.45, 2.75) is 40.2 Å². The van der Waals surface area contributed by atoms with Crippen LogP contribution in [0.1, 0.15) is 38.8 Å². The van der Waals surface area contributed by atoms with Gasteiger partial charge < -0.3 is 10.6 Å². The fraction of sp³-hybridized carbons (Fsp3) is 0.280. The summed E-state index contributed by atoms with van der Waals surface area (Å²) < 4.78 is 1.15. The van der Waals surface area contributed by atoms with Gasteiger partial charge >= 0.3 is 0 Å². The van der Waals surface area contributed by atoms with Crippen LogP contribution in [0.2, 0.25) is 5.02 Å². The van der Waals surface area contributed by atoms with Gasteiger partial charge in [0.15, 0.2) is 0 Å². The van der Waals surface area contributed by atoms with Crippen molar-refractivity contribution >= 4 is 34.8 Å². The first-order valence-electron chi connectivity index (χ1n) is 10.8. The zero-order chi connectivity index (χ0) is 24.1. The van der Waals surface area contributed by atoms with Gasteiger partial charge in [-0.25, -0.2) is 4.68 Å². The molecule has 0 aliphatic heterocycles. The number of nitrogens with zero attached hydrogens (tertiary/aromatic N) is 2. The fourth-order valence-corrected chi connectivity index (χ4v) is 3.44. The normalized spacial score (nSPS) is 11.8. The van der Waals surface area contributed by atoms with Gasteiger partial charge in [0.25, 0.3) is 5.56 Å². The average Bonchev–Trinajstić information content (AvgIpc) is 2.80. The molecule has 1 aromatic heterocycles. The van der Waals surface area contributed by atoms with E-state index in [-0.39, 0.29) is 17.5 Å². The number of hydrogen-bond acceptors (Lipinski definition) is 4. The molecule has 0 saturated heterocycles. The number of carbonyl (C=O) groups is 2. The number of aromatic nitrogens is 2. The molecule has 0 unspecified atom stereocenters. The van der Waals surface area contributed by atoms with Crippen LogP contribution in [0.4, 0.5) is 11.4 Å². The van der Waals surface area contributed by atoms with E-state index in [1.165, 1.54) is 0 Å². The van der Waals surface area contributed by atoms with Gasteiger partial charge in [0.1, 0.15) is 11.7 Å². The van der Waals surface area contributed by atoms with E-state index in [0.29, 0.717) is 22.8 Å². The van der Waals surface area contributed by atoms with E-state index < -0.39 is 17.5 Å². The molecule has 2 amide bonds. The molecular weight excluding hydrogens is 440 g/mol. The summed E-state index contributed by atoms with van der Waals surface area (Å²) in [6.07, 6.45) is 0.314. The number of rotatable bonds is 7. The summed E-state index contributed by atoms with van der Waals surface area (Å²) in [5, 5.41) is 10.6. The first-order chi connectivity index (χ1) is 15.7. The minimum absolute atomic E-state index is 0.0766. The highest BCUT2D eigenvalue weighted by Gasteiger charge is 2.25. The van der Waals surface area contributed by atoms with Crippen molar-refractivity contribution in [3.8, 4) is 11.3 Å². The molecule has 1 heterocycles. The molecule has 7 nitrogen and oxygen atoms in total. The molecule has 2 aromatic carbocycles. The van der Waals surface area contributed by atoms with Crippen LogP contribution in [0, 0.1) is 12.8 Å². The minimum atomic E-state index is -0.894. The quantitative estimate of drug-likeness (QED) is 0.509. The third kappa shape index (κ3) is 5.49. The number of amides is 2. The highest BCUT2D eigenvalue weighted by molar-refractivity contribution is 6.31. The molecule has 0 saturated carbocycles. The number of halogens is 1. The molecule has 2 N–H and O–H groups in total. The summed E-state index contributed by atoms with van der Waals surface area (Å²) >= 11 is 6.18. The van der Waals surface area contributed by atoms with Crippen LogP contribution in [-0.4, -0.2) is 21.6 Å². The molecule has 0 aliphatic carbocycles. The van der Waals surface area contributed by atoms with Gasteiger partial charge in [0.05, 0.1) is 5.69 Å². The monoisotopic (exact) mass is 466 g/mol. The van der Waals surface area contributed by atoms with E-state index in [1.807, 2.05) is 30.3 Å². The smallest absolute Gasteiger partial charge is 0.291 e. The second-order valence-corrected chi connectivity index (χ2v) is 8.44. The second-order valence-electron chi connectivity index (χ2n) is 8.03. The van der Waals surface area contributed by atoms with Crippen LogP contribution in [0.3, 0.4) is 0 Å². The highest BCUT2D eigenvalue weighted by atomic mass is 35.5. The summed E-state index contributed by atoms with van der Waals surface area (Å²) in [6, 6.07) is 15.1. The Morgan fingerprint density at radius 1 is 1.00 bits per heavy atom. The SMILES string of the molecule is CC[C@H](C(=O)Nc1cccc(Cl)c1C)n1nc(-c2ccccc2)cc(NC(=O)C(C)C)c1=O. The van der Waals surface area contributed by atoms with E-state index in [4.69, 9.17) is 11.6 Å². The number of carbonyl (C=O) groups excluding carboxylic acids is 2. The van der Waals surface area contributed by atoms with Crippen LogP contribution in [-0.2, 0) is 9.59 Å². The molecule has 3 aromatic rings. The van der Waals surface area contributed by atoms with Crippen molar-refractivity contribution in [2.75, 3.05) is 10.6 Å². The summed E-state index contributed by atoms with van der Waals surface area (Å²) in [7, 11) is 0. The molecule has 8 heteroatoms. The Labute approximate surface area is 197 Å². The summed E-state index contributed by atoms with van der Waals surface area (Å²) in [5.41, 5.74) is 2.05. The molecule has 172 valence electrons. The van der Waals surface area contributed by atoms with E-state index in [9.17, 15) is 14.4 Å². The highest BCUT2D eigenvalue weighted by Crippen LogP contribution is 2.25. The van der Waals surface area contributed by atoms with Gasteiger partial charge in [-0.2, -0.15) is 5.10 Å². The standard InChI is InChI=1S/C25H27ClN4O3/c1-5-22(24(32)27-19-13-9-12-18(26)16(19)4)30-25(33)21(28-23(31)15(2)3)14-20(29-30)17-10-7-6-8-11-17/h6-15,22H,5H2,1-4H3,(H,27,32)(H,28,31)/t22-/m1/s1. The lowest BCUT2D eigenvalue weighted by Crippen LogP contribution is -2.37. The third-order valence-electron chi connectivity index (χ3n) is 5.30. The second kappa shape index (κ2) is 10.4. The number of nitrogens with one attached hydrogen (secondary N) is 2. The fourth-order valence-electron chi connectivity index (χ4n) is 3.27. The zero-order valence-corrected chi connectivity index (χ0v) is 19.8. The van der Waals surface area contributed by atoms with Gasteiger partial charge in [0.2, 0.25) is 11.8 Å². The maximum absolute atomic E-state index is 13.3. The van der Waals surface area contributed by atoms with Crippen LogP contribution in [0.15, 0.2) is 59.4 Å². The van der Waals surface area contributed by atoms with Crippen LogP contribution >= 0.6 is 11.6 Å². The van der Waals surface area contributed by atoms with E-state index in [2.05, 4.69) is 15.7 Å². The average molecular weight is 467 g/mol. The van der Waals surface area contributed by atoms with Crippen molar-refractivity contribution in [3.05, 3.63) is 75.5 Å². The maximum Gasteiger partial charge on any atom is 0.291 e. The van der Waals surface area contributed by atoms with E-state index in [1.54, 1.807) is 52.0 Å². The minimum Gasteiger partial charge on any atom is -0.324 e. The van der Waals surface area contributed by atoms with Crippen molar-refractivity contribution < 1.29 is 9.59 Å². The van der Waals surface area contributed by atoms with Crippen molar-refractivity contribution in [1.82, 2.24) is 9.78 Å². The molecule has 0 spiro atoms. The van der Waals surface area contributed by atoms with Crippen molar-refractivity contribution in [2.24, 2.45) is 5.92 Å². The Morgan fingerprint density at radius 3 is 2.30 bits per heavy atom. The van der Waals surface area contributed by atoms with Gasteiger partial charge in [-0.05, 0) is 37.1 Å². The molecule has 1 atom stereocenters. The Kier molecular flexibility index (Phi) is 7.66. The molecule has 0 bridgehead atoms. The third-order valence-corrected chi connectivity index (χ3v) is 5.71. The predicted molar refractivity (Wildman–Crippen MR) is 132 cm³/mol. The molecule has 33 heavy (non-hydrogen) atoms. The van der Waals surface area contributed by atoms with Crippen LogP contribution in [0.5, 0.6) is 0 Å². The lowest BCUT2D eigenvalue weighted by atomic mass is 10.1. The van der Waals surface area contributed by atoms with E-state index in [0.717, 1.165) is 15.8 Å². The molecule has 3 rings (SSSR count). The zero-order valence-electron chi connectivity index (χ0n) is 19.1. The van der Waals surface area contributed by atoms with Crippen molar-refractivity contribution in [3.63, 3.8) is 0 Å². The largest absolute Gasteiger partial charge is 0.324 e. The lowest BCUT2D eigenvalue weighted by molar-refractivity contribution is -0.120. The Morgan fingerprint density at radius 2 is 1.67 bits per heavy atom. The maximum atomic E-state index is 13.3. The Bertz CT molecular complexity index is 1220. The predicted octanol–water partition coefficient (Wildman–Crippen LogP) is 5.06. The van der Waals surface area contributed by atoms with Crippen molar-refractivity contribution in [1.29, 1.82) is 0 Å². The molecule has 0 fully saturated rings. The first kappa shape index (κ1) is 24.2. The van der Waals surface area contributed by atoms with Gasteiger partial charge in [-0.1, -0.05) is 68.8 Å². The molecular formula is C25H27ClN4O3. The molecule has 0 radical (unpaired) electrons. The van der Waals surface area contributed by atoms with Crippen LogP contribution in [0.25, 0.3) is 11.3 Å². The summed E-state index contributed by atoms with van der Waals surface area (Å²) in [6.45, 7) is 7.08. The Hall–Kier alpha value is -3.45. The topological polar surface area (TPSA) is 93.1 Å². The van der Waals surface area contributed by atoms with Gasteiger partial charge in [0, 0.05) is 22.2 Å². The number of hydrogen-bond donors (Lipinski definition) is 2. The summed E-state index contributed by atoms with van der Waals surface area (Å²) in [4.78, 5) is 38.8. The Balaban J connectivity index is 2.08. The van der Waals surface area contributed by atoms with E-state index >= 15 is 0 Å². The number of anilines is 2.